The molecule has 4 fully saturated rings. The normalized spacial score (nSPS) is 25.5. The molecule has 15 heteroatoms. The van der Waals surface area contributed by atoms with Crippen LogP contribution in [0.25, 0.3) is 0 Å². The van der Waals surface area contributed by atoms with E-state index in [4.69, 9.17) is 21.6 Å². The first-order chi connectivity index (χ1) is 25.6. The van der Waals surface area contributed by atoms with Gasteiger partial charge in [-0.1, -0.05) is 33.6 Å². The van der Waals surface area contributed by atoms with Crippen LogP contribution in [0.3, 0.4) is 0 Å². The predicted molar refractivity (Wildman–Crippen MR) is 197 cm³/mol. The maximum atomic E-state index is 13.3. The molecule has 274 valence electrons. The smallest absolute Gasteiger partial charge is 0.272 e. The number of aromatic nitrogens is 2. The summed E-state index contributed by atoms with van der Waals surface area (Å²) < 4.78 is 6.95. The maximum Gasteiger partial charge on any atom is 0.272 e. The lowest BCUT2D eigenvalue weighted by atomic mass is 9.93. The van der Waals surface area contributed by atoms with Crippen molar-refractivity contribution in [2.45, 2.75) is 94.7 Å². The molecule has 8 rings (SSSR count). The Bertz CT molecular complexity index is 2000. The molecule has 3 atom stereocenters. The number of nitrogens with zero attached hydrogens (tertiary/aromatic N) is 6. The van der Waals surface area contributed by atoms with Gasteiger partial charge in [-0.05, 0) is 86.4 Å². The molecule has 0 spiro atoms. The summed E-state index contributed by atoms with van der Waals surface area (Å²) in [7, 11) is 0. The molecule has 2 bridgehead atoms. The summed E-state index contributed by atoms with van der Waals surface area (Å²) in [6, 6.07) is 14.6. The number of ether oxygens (including phenoxy) is 1. The van der Waals surface area contributed by atoms with Gasteiger partial charge in [-0.25, -0.2) is 0 Å². The van der Waals surface area contributed by atoms with E-state index in [-0.39, 0.29) is 48.4 Å². The van der Waals surface area contributed by atoms with Gasteiger partial charge in [0, 0.05) is 66.8 Å². The van der Waals surface area contributed by atoms with Crippen molar-refractivity contribution in [1.82, 2.24) is 30.6 Å². The van der Waals surface area contributed by atoms with Crippen LogP contribution in [0, 0.1) is 11.3 Å². The number of hydrogen-bond donors (Lipinski definition) is 2. The number of fused-ring (bicyclic) bond motifs is 3. The fourth-order valence-corrected chi connectivity index (χ4v) is 9.20. The standard InChI is InChI=1S/C38H38BrClN8O5/c39-30-15-29-22(18-47(38(29)52)33-10-12-35(49)43-37(33)51)13-23(30)17-46-19-25-4-5-26(20-46)48(25)34-11-9-32(44-45-34)36(50)42-24-2-7-27(8-3-24)53-28-6-1-21(16-41)31(40)14-28/h1,6,9,11,13-15,24-27,33H,2-5,7-8,10,12,17-20H2,(H,42,50)(H,43,49,51). The summed E-state index contributed by atoms with van der Waals surface area (Å²) in [6.07, 6.45) is 5.78. The van der Waals surface area contributed by atoms with Gasteiger partial charge >= 0.3 is 0 Å². The van der Waals surface area contributed by atoms with Crippen LogP contribution in [0.1, 0.15) is 88.9 Å². The van der Waals surface area contributed by atoms with E-state index in [0.29, 0.717) is 47.1 Å². The van der Waals surface area contributed by atoms with Crippen LogP contribution in [0.2, 0.25) is 5.02 Å². The van der Waals surface area contributed by atoms with Crippen LogP contribution in [0.15, 0.2) is 46.9 Å². The molecule has 0 radical (unpaired) electrons. The van der Waals surface area contributed by atoms with Gasteiger partial charge < -0.3 is 19.9 Å². The van der Waals surface area contributed by atoms with Crippen LogP contribution in [-0.2, 0) is 22.7 Å². The van der Waals surface area contributed by atoms with Gasteiger partial charge in [-0.15, -0.1) is 10.2 Å². The van der Waals surface area contributed by atoms with Crippen LogP contribution >= 0.6 is 27.5 Å². The van der Waals surface area contributed by atoms with E-state index in [2.05, 4.69) is 58.7 Å². The highest BCUT2D eigenvalue weighted by atomic mass is 79.9. The molecule has 1 saturated carbocycles. The van der Waals surface area contributed by atoms with Crippen molar-refractivity contribution in [3.05, 3.63) is 79.9 Å². The number of rotatable bonds is 8. The number of likely N-dealkylation sites (tertiary alicyclic amines) is 1. The van der Waals surface area contributed by atoms with Crippen molar-refractivity contribution in [3.8, 4) is 11.8 Å². The molecular weight excluding hydrogens is 764 g/mol. The molecule has 1 aromatic heterocycles. The quantitative estimate of drug-likeness (QED) is 0.311. The molecule has 5 aliphatic rings. The topological polar surface area (TPSA) is 161 Å². The largest absolute Gasteiger partial charge is 0.490 e. The summed E-state index contributed by atoms with van der Waals surface area (Å²) in [5.41, 5.74) is 3.28. The minimum atomic E-state index is -0.639. The molecule has 2 aromatic carbocycles. The van der Waals surface area contributed by atoms with Crippen molar-refractivity contribution in [2.24, 2.45) is 0 Å². The highest BCUT2D eigenvalue weighted by molar-refractivity contribution is 9.10. The minimum Gasteiger partial charge on any atom is -0.490 e. The van der Waals surface area contributed by atoms with E-state index < -0.39 is 11.9 Å². The molecule has 3 saturated heterocycles. The number of amides is 4. The first kappa shape index (κ1) is 35.4. The highest BCUT2D eigenvalue weighted by Gasteiger charge is 2.42. The molecule has 4 aliphatic heterocycles. The molecule has 13 nitrogen and oxygen atoms in total. The van der Waals surface area contributed by atoms with Gasteiger partial charge in [-0.2, -0.15) is 5.26 Å². The van der Waals surface area contributed by atoms with Crippen molar-refractivity contribution in [1.29, 1.82) is 5.26 Å². The highest BCUT2D eigenvalue weighted by Crippen LogP contribution is 2.37. The molecule has 53 heavy (non-hydrogen) atoms. The van der Waals surface area contributed by atoms with Gasteiger partial charge in [0.2, 0.25) is 11.8 Å². The van der Waals surface area contributed by atoms with Crippen molar-refractivity contribution in [3.63, 3.8) is 0 Å². The van der Waals surface area contributed by atoms with E-state index in [9.17, 15) is 19.2 Å². The molecule has 5 heterocycles. The Hall–Kier alpha value is -4.58. The zero-order valence-corrected chi connectivity index (χ0v) is 31.2. The maximum absolute atomic E-state index is 13.3. The van der Waals surface area contributed by atoms with E-state index in [0.717, 1.165) is 73.0 Å². The van der Waals surface area contributed by atoms with E-state index >= 15 is 0 Å². The van der Waals surface area contributed by atoms with Crippen molar-refractivity contribution < 1.29 is 23.9 Å². The zero-order valence-electron chi connectivity index (χ0n) is 28.9. The van der Waals surface area contributed by atoms with Crippen molar-refractivity contribution in [2.75, 3.05) is 18.0 Å². The number of halogens is 2. The molecular formula is C38H38BrClN8O5. The minimum absolute atomic E-state index is 0.0143. The van der Waals surface area contributed by atoms with Gasteiger partial charge in [0.1, 0.15) is 17.9 Å². The van der Waals surface area contributed by atoms with E-state index in [1.807, 2.05) is 12.1 Å². The summed E-state index contributed by atoms with van der Waals surface area (Å²) in [5.74, 6) is 0.291. The summed E-state index contributed by atoms with van der Waals surface area (Å²) >= 11 is 9.85. The number of nitrogens with one attached hydrogen (secondary N) is 2. The molecule has 1 aliphatic carbocycles. The number of anilines is 1. The van der Waals surface area contributed by atoms with E-state index in [1.54, 1.807) is 29.2 Å². The van der Waals surface area contributed by atoms with Gasteiger partial charge in [0.15, 0.2) is 11.5 Å². The van der Waals surface area contributed by atoms with Gasteiger partial charge in [0.05, 0.1) is 16.7 Å². The third kappa shape index (κ3) is 7.22. The Balaban J connectivity index is 0.837. The molecule has 3 unspecified atom stereocenters. The number of hydrogen-bond acceptors (Lipinski definition) is 10. The number of piperazine rings is 1. The number of nitriles is 1. The van der Waals surface area contributed by atoms with Crippen molar-refractivity contribution >= 4 is 57.0 Å². The lowest BCUT2D eigenvalue weighted by Crippen LogP contribution is -2.53. The number of carbonyl (C=O) groups is 4. The Labute approximate surface area is 320 Å². The lowest BCUT2D eigenvalue weighted by Gasteiger charge is -2.41. The summed E-state index contributed by atoms with van der Waals surface area (Å²) in [6.45, 7) is 2.75. The fraction of sp³-hybridized carbons (Fsp3) is 0.447. The second kappa shape index (κ2) is 14.7. The molecule has 3 aromatic rings. The van der Waals surface area contributed by atoms with Crippen LogP contribution in [0.4, 0.5) is 5.82 Å². The Morgan fingerprint density at radius 1 is 1.00 bits per heavy atom. The molecule has 2 N–H and O–H groups in total. The monoisotopic (exact) mass is 800 g/mol. The van der Waals surface area contributed by atoms with Gasteiger partial charge in [-0.3, -0.25) is 29.4 Å². The Morgan fingerprint density at radius 3 is 2.45 bits per heavy atom. The number of piperidine rings is 1. The average molecular weight is 802 g/mol. The third-order valence-electron chi connectivity index (χ3n) is 11.2. The number of carbonyl (C=O) groups excluding carboxylic acids is 4. The first-order valence-electron chi connectivity index (χ1n) is 18.1. The Kier molecular flexibility index (Phi) is 9.82. The van der Waals surface area contributed by atoms with Crippen LogP contribution < -0.4 is 20.3 Å². The molecule has 4 amide bonds. The predicted octanol–water partition coefficient (Wildman–Crippen LogP) is 4.50. The SMILES string of the molecule is N#Cc1ccc(OC2CCC(NC(=O)c3ccc(N4C5CCC4CN(Cc4cc6c(cc4Br)C(=O)N(C4CCC(=O)NC4=O)C6)C5)nn3)CC2)cc1Cl. The second-order valence-corrected chi connectivity index (χ2v) is 15.8. The van der Waals surface area contributed by atoms with E-state index in [1.165, 1.54) is 0 Å². The average Bonchev–Trinajstić information content (AvgIpc) is 3.60. The van der Waals surface area contributed by atoms with Crippen LogP contribution in [-0.4, -0.2) is 87.0 Å². The number of benzene rings is 2. The Morgan fingerprint density at radius 2 is 1.77 bits per heavy atom. The van der Waals surface area contributed by atoms with Gasteiger partial charge in [0.25, 0.3) is 11.8 Å². The third-order valence-corrected chi connectivity index (χ3v) is 12.2. The first-order valence-corrected chi connectivity index (χ1v) is 19.3. The zero-order chi connectivity index (χ0) is 36.8. The lowest BCUT2D eigenvalue weighted by molar-refractivity contribution is -0.136. The summed E-state index contributed by atoms with van der Waals surface area (Å²) in [5, 5.41) is 23.8. The summed E-state index contributed by atoms with van der Waals surface area (Å²) in [4.78, 5) is 56.9. The van der Waals surface area contributed by atoms with Crippen LogP contribution in [0.5, 0.6) is 5.75 Å². The fourth-order valence-electron chi connectivity index (χ4n) is 8.52. The second-order valence-electron chi connectivity index (χ2n) is 14.6. The number of imide groups is 1.